The van der Waals surface area contributed by atoms with E-state index in [1.54, 1.807) is 0 Å². The van der Waals surface area contributed by atoms with Gasteiger partial charge in [-0.3, -0.25) is 10.2 Å². The highest BCUT2D eigenvalue weighted by Crippen LogP contribution is 2.45. The smallest absolute Gasteiger partial charge is 0.336 e. The van der Waals surface area contributed by atoms with E-state index >= 15 is 0 Å². The summed E-state index contributed by atoms with van der Waals surface area (Å²) in [6, 6.07) is 8.33. The van der Waals surface area contributed by atoms with E-state index < -0.39 is 69.9 Å². The first-order valence-electron chi connectivity index (χ1n) is 12.0. The van der Waals surface area contributed by atoms with E-state index in [0.717, 1.165) is 18.2 Å². The third kappa shape index (κ3) is 5.99. The Hall–Kier alpha value is -4.31. The summed E-state index contributed by atoms with van der Waals surface area (Å²) >= 11 is 0. The molecule has 0 fully saturated rings. The number of nitrogens with two attached hydrogens (primary N) is 2. The molecule has 2 aromatic rings. The molecule has 0 atom stereocenters. The Morgan fingerprint density at radius 3 is 2.19 bits per heavy atom. The molecule has 0 unspecified atom stereocenters. The van der Waals surface area contributed by atoms with Crippen molar-refractivity contribution in [2.75, 3.05) is 12.3 Å². The predicted molar refractivity (Wildman–Crippen MR) is 149 cm³/mol. The molecule has 0 saturated carbocycles. The summed E-state index contributed by atoms with van der Waals surface area (Å²) in [7, 11) is -10.7. The van der Waals surface area contributed by atoms with Gasteiger partial charge < -0.3 is 29.7 Å². The van der Waals surface area contributed by atoms with E-state index in [1.165, 1.54) is 24.3 Å². The standard InChI is InChI=1S/C26H25N3O10S2.CH4/c1-12(2)9-10-29-25(30)13-3-4-14(17(11-13)26(31)32)20-15-5-7-18(27)23(40(33,34)35)21(15)39-22-16(20)6-8-19(28)24(22)41(36,37)38;/h3-8,11-12,27H,9-10,28H2,1-2H3,(H,29,30)(H,31,32)(H,33,34,35)(H,36,37,38);1H4/p-1. The molecule has 13 nitrogen and oxygen atoms in total. The quantitative estimate of drug-likeness (QED) is 0.125. The molecule has 1 heterocycles. The van der Waals surface area contributed by atoms with Crippen LogP contribution in [0.3, 0.4) is 0 Å². The second kappa shape index (κ2) is 11.5. The van der Waals surface area contributed by atoms with E-state index in [-0.39, 0.29) is 35.1 Å². The Balaban J connectivity index is 0.00000484. The summed E-state index contributed by atoms with van der Waals surface area (Å²) < 4.78 is 78.7. The third-order valence-electron chi connectivity index (χ3n) is 6.32. The zero-order valence-electron chi connectivity index (χ0n) is 21.6. The Morgan fingerprint density at radius 1 is 1.00 bits per heavy atom. The minimum Gasteiger partial charge on any atom is -0.744 e. The van der Waals surface area contributed by atoms with Crippen LogP contribution in [0.25, 0.3) is 33.4 Å². The van der Waals surface area contributed by atoms with Crippen LogP contribution in [-0.2, 0) is 20.2 Å². The molecule has 0 aromatic heterocycles. The van der Waals surface area contributed by atoms with E-state index in [9.17, 15) is 40.6 Å². The zero-order valence-corrected chi connectivity index (χ0v) is 23.3. The molecule has 1 aliphatic carbocycles. The highest BCUT2D eigenvalue weighted by molar-refractivity contribution is 7.86. The highest BCUT2D eigenvalue weighted by atomic mass is 32.2. The fourth-order valence-electron chi connectivity index (χ4n) is 4.46. The molecule has 42 heavy (non-hydrogen) atoms. The van der Waals surface area contributed by atoms with Gasteiger partial charge in [0.15, 0.2) is 16.2 Å². The van der Waals surface area contributed by atoms with Crippen LogP contribution in [0.5, 0.6) is 0 Å². The van der Waals surface area contributed by atoms with Crippen molar-refractivity contribution in [1.82, 2.24) is 5.32 Å². The largest absolute Gasteiger partial charge is 0.744 e. The number of fused-ring (bicyclic) bond motifs is 2. The summed E-state index contributed by atoms with van der Waals surface area (Å²) in [4.78, 5) is 23.0. The SMILES string of the molecule is C.CC(C)CCNC(=O)c1ccc(-c2c3ccc(=[NH2+])c(S(=O)(=O)[O-])c-3oc3c(S(=O)(=O)[O-])c(N)ccc23)c(C(=O)O)c1. The summed E-state index contributed by atoms with van der Waals surface area (Å²) in [6.07, 6.45) is 0.684. The van der Waals surface area contributed by atoms with Crippen molar-refractivity contribution in [2.45, 2.75) is 37.5 Å². The van der Waals surface area contributed by atoms with Crippen LogP contribution in [0.15, 0.2) is 56.7 Å². The lowest BCUT2D eigenvalue weighted by Crippen LogP contribution is -2.47. The van der Waals surface area contributed by atoms with Crippen molar-refractivity contribution in [3.63, 3.8) is 0 Å². The Labute approximate surface area is 241 Å². The average molecular weight is 619 g/mol. The number of aromatic carboxylic acids is 1. The van der Waals surface area contributed by atoms with Gasteiger partial charge in [0.2, 0.25) is 5.36 Å². The molecule has 0 radical (unpaired) electrons. The van der Waals surface area contributed by atoms with Gasteiger partial charge in [-0.25, -0.2) is 21.6 Å². The number of rotatable bonds is 8. The monoisotopic (exact) mass is 618 g/mol. The summed E-state index contributed by atoms with van der Waals surface area (Å²) in [5.74, 6) is -2.44. The van der Waals surface area contributed by atoms with Gasteiger partial charge in [-0.15, -0.1) is 0 Å². The Kier molecular flexibility index (Phi) is 8.84. The van der Waals surface area contributed by atoms with Gasteiger partial charge in [-0.1, -0.05) is 27.3 Å². The Bertz CT molecular complexity index is 1980. The van der Waals surface area contributed by atoms with E-state index in [4.69, 9.17) is 15.6 Å². The molecule has 15 heteroatoms. The minimum atomic E-state index is -5.34. The van der Waals surface area contributed by atoms with Crippen molar-refractivity contribution in [2.24, 2.45) is 5.92 Å². The number of nitrogens with one attached hydrogen (secondary N) is 1. The highest BCUT2D eigenvalue weighted by Gasteiger charge is 2.30. The predicted octanol–water partition coefficient (Wildman–Crippen LogP) is 1.37. The lowest BCUT2D eigenvalue weighted by molar-refractivity contribution is -0.176. The number of hydrogen-bond acceptors (Lipinski definition) is 10. The second-order valence-electron chi connectivity index (χ2n) is 9.61. The number of carbonyl (C=O) groups is 2. The number of anilines is 1. The van der Waals surface area contributed by atoms with Crippen LogP contribution >= 0.6 is 0 Å². The fourth-order valence-corrected chi connectivity index (χ4v) is 5.93. The fraction of sp³-hybridized carbons (Fsp3) is 0.222. The first-order valence-corrected chi connectivity index (χ1v) is 14.8. The van der Waals surface area contributed by atoms with Gasteiger partial charge in [0.25, 0.3) is 5.91 Å². The molecule has 0 spiro atoms. The van der Waals surface area contributed by atoms with Crippen LogP contribution in [0, 0.1) is 5.92 Å². The van der Waals surface area contributed by atoms with Crippen molar-refractivity contribution >= 4 is 48.8 Å². The molecule has 4 rings (SSSR count). The Morgan fingerprint density at radius 2 is 1.62 bits per heavy atom. The van der Waals surface area contributed by atoms with Gasteiger partial charge in [-0.05, 0) is 48.2 Å². The molecular weight excluding hydrogens is 590 g/mol. The van der Waals surface area contributed by atoms with Crippen LogP contribution < -0.4 is 21.8 Å². The van der Waals surface area contributed by atoms with Crippen LogP contribution in [0.4, 0.5) is 5.69 Å². The van der Waals surface area contributed by atoms with Crippen LogP contribution in [0.2, 0.25) is 0 Å². The zero-order chi connectivity index (χ0) is 30.4. The summed E-state index contributed by atoms with van der Waals surface area (Å²) in [5, 5.41) is 17.9. The van der Waals surface area contributed by atoms with E-state index in [0.29, 0.717) is 18.9 Å². The van der Waals surface area contributed by atoms with Gasteiger partial charge in [0.05, 0.1) is 11.3 Å². The number of carboxylic acids is 1. The summed E-state index contributed by atoms with van der Waals surface area (Å²) in [5.41, 5.74) is 3.72. The van der Waals surface area contributed by atoms with Crippen molar-refractivity contribution in [1.29, 1.82) is 0 Å². The molecule has 1 aliphatic heterocycles. The molecule has 0 saturated heterocycles. The lowest BCUT2D eigenvalue weighted by Gasteiger charge is -2.22. The van der Waals surface area contributed by atoms with E-state index in [2.05, 4.69) is 5.32 Å². The number of carbonyl (C=O) groups excluding carboxylic acids is 1. The maximum Gasteiger partial charge on any atom is 0.336 e. The molecule has 224 valence electrons. The number of hydrogen-bond donors (Lipinski definition) is 4. The van der Waals surface area contributed by atoms with Crippen LogP contribution in [0.1, 0.15) is 48.4 Å². The lowest BCUT2D eigenvalue weighted by atomic mass is 9.89. The molecule has 1 amide bonds. The number of nitrogen functional groups attached to an aromatic ring is 1. The molecule has 2 aromatic carbocycles. The summed E-state index contributed by atoms with van der Waals surface area (Å²) in [6.45, 7) is 4.29. The topological polar surface area (TPSA) is 246 Å². The van der Waals surface area contributed by atoms with Gasteiger partial charge in [0, 0.05) is 34.7 Å². The molecule has 6 N–H and O–H groups in total. The second-order valence-corrected chi connectivity index (χ2v) is 12.2. The minimum absolute atomic E-state index is 0. The maximum absolute atomic E-state index is 12.7. The number of amides is 1. The molecular formula is C27H28N3O10S2-. The van der Waals surface area contributed by atoms with Crippen molar-refractivity contribution < 1.29 is 50.5 Å². The van der Waals surface area contributed by atoms with Crippen molar-refractivity contribution in [3.05, 3.63) is 58.9 Å². The van der Waals surface area contributed by atoms with Gasteiger partial charge in [0.1, 0.15) is 25.1 Å². The first-order chi connectivity index (χ1) is 19.0. The third-order valence-corrected chi connectivity index (χ3v) is 8.16. The van der Waals surface area contributed by atoms with E-state index in [1.807, 2.05) is 13.8 Å². The van der Waals surface area contributed by atoms with Gasteiger partial charge >= 0.3 is 5.97 Å². The molecule has 0 bridgehead atoms. The van der Waals surface area contributed by atoms with Crippen molar-refractivity contribution in [3.8, 4) is 22.5 Å². The maximum atomic E-state index is 12.7. The van der Waals surface area contributed by atoms with Gasteiger partial charge in [-0.2, -0.15) is 0 Å². The number of benzene rings is 3. The van der Waals surface area contributed by atoms with Crippen LogP contribution in [-0.4, -0.2) is 49.5 Å². The first kappa shape index (κ1) is 32.2. The normalized spacial score (nSPS) is 11.9. The average Bonchev–Trinajstić information content (AvgIpc) is 2.84. The molecule has 2 aliphatic rings. The number of carboxylic acid groups (broad SMARTS) is 1.